The molecule has 0 aliphatic heterocycles. The molecule has 130 valence electrons. The summed E-state index contributed by atoms with van der Waals surface area (Å²) < 4.78 is 1.13. The molecule has 5 nitrogen and oxygen atoms in total. The Bertz CT molecular complexity index is 1070. The first-order chi connectivity index (χ1) is 12.6. The lowest BCUT2D eigenvalue weighted by Gasteiger charge is -2.09. The Balaban J connectivity index is 1.61. The maximum absolute atomic E-state index is 6.30. The van der Waals surface area contributed by atoms with E-state index in [1.807, 2.05) is 6.07 Å². The van der Waals surface area contributed by atoms with Gasteiger partial charge in [0.25, 0.3) is 0 Å². The van der Waals surface area contributed by atoms with Crippen LogP contribution in [0.1, 0.15) is 11.1 Å². The van der Waals surface area contributed by atoms with Crippen LogP contribution in [0.3, 0.4) is 0 Å². The van der Waals surface area contributed by atoms with Crippen molar-refractivity contribution in [3.63, 3.8) is 0 Å². The number of nitrogens with one attached hydrogen (secondary N) is 1. The zero-order chi connectivity index (χ0) is 18.1. The van der Waals surface area contributed by atoms with E-state index in [4.69, 9.17) is 5.73 Å². The number of aryl methyl sites for hydroxylation is 2. The lowest BCUT2D eigenvalue weighted by atomic mass is 10.2. The van der Waals surface area contributed by atoms with Crippen molar-refractivity contribution in [2.24, 2.45) is 0 Å². The molecule has 2 heterocycles. The standard InChI is InChI=1S/C19H17N5S2/c1-11-3-6-13(7-4-11)25-18-16(20)17(21-10-22-18)24-19-23-14-8-5-12(2)9-15(14)26-19/h3-10H,20H2,1-2H3,(H,21,22,23,24). The third-order valence-electron chi connectivity index (χ3n) is 3.85. The minimum absolute atomic E-state index is 0.522. The fourth-order valence-corrected chi connectivity index (χ4v) is 4.23. The van der Waals surface area contributed by atoms with Crippen LogP contribution in [0.25, 0.3) is 10.2 Å². The Labute approximate surface area is 159 Å². The van der Waals surface area contributed by atoms with Crippen LogP contribution in [0.5, 0.6) is 0 Å². The second kappa shape index (κ2) is 6.93. The summed E-state index contributed by atoms with van der Waals surface area (Å²) in [6.45, 7) is 4.14. The number of thiazole rings is 1. The molecule has 0 amide bonds. The molecule has 26 heavy (non-hydrogen) atoms. The molecule has 2 aromatic carbocycles. The summed E-state index contributed by atoms with van der Waals surface area (Å²) in [7, 11) is 0. The summed E-state index contributed by atoms with van der Waals surface area (Å²) in [6, 6.07) is 14.5. The van der Waals surface area contributed by atoms with Gasteiger partial charge in [0.05, 0.1) is 10.2 Å². The van der Waals surface area contributed by atoms with E-state index < -0.39 is 0 Å². The van der Waals surface area contributed by atoms with Crippen LogP contribution in [0.2, 0.25) is 0 Å². The topological polar surface area (TPSA) is 76.7 Å². The highest BCUT2D eigenvalue weighted by molar-refractivity contribution is 7.99. The Morgan fingerprint density at radius 3 is 2.58 bits per heavy atom. The van der Waals surface area contributed by atoms with Crippen LogP contribution in [0.4, 0.5) is 16.6 Å². The molecule has 0 radical (unpaired) electrons. The van der Waals surface area contributed by atoms with E-state index in [1.165, 1.54) is 29.2 Å². The number of nitrogen functional groups attached to an aromatic ring is 1. The monoisotopic (exact) mass is 379 g/mol. The molecule has 0 saturated heterocycles. The third kappa shape index (κ3) is 3.49. The van der Waals surface area contributed by atoms with Gasteiger partial charge in [-0.1, -0.05) is 46.9 Å². The average Bonchev–Trinajstić information content (AvgIpc) is 3.02. The van der Waals surface area contributed by atoms with Gasteiger partial charge >= 0.3 is 0 Å². The summed E-state index contributed by atoms with van der Waals surface area (Å²) in [5, 5.41) is 4.73. The number of aromatic nitrogens is 3. The van der Waals surface area contributed by atoms with Gasteiger partial charge in [-0.15, -0.1) is 0 Å². The average molecular weight is 380 g/mol. The third-order valence-corrected chi connectivity index (χ3v) is 5.81. The molecule has 0 bridgehead atoms. The Kier molecular flexibility index (Phi) is 4.48. The van der Waals surface area contributed by atoms with Crippen LogP contribution >= 0.6 is 23.1 Å². The van der Waals surface area contributed by atoms with Crippen molar-refractivity contribution >= 4 is 50.0 Å². The molecule has 4 aromatic rings. The van der Waals surface area contributed by atoms with Crippen molar-refractivity contribution in [2.45, 2.75) is 23.8 Å². The largest absolute Gasteiger partial charge is 0.394 e. The summed E-state index contributed by atoms with van der Waals surface area (Å²) >= 11 is 3.10. The molecule has 0 atom stereocenters. The first kappa shape index (κ1) is 16.8. The smallest absolute Gasteiger partial charge is 0.189 e. The van der Waals surface area contributed by atoms with E-state index in [-0.39, 0.29) is 0 Å². The van der Waals surface area contributed by atoms with Gasteiger partial charge < -0.3 is 11.1 Å². The fraction of sp³-hybridized carbons (Fsp3) is 0.105. The molecule has 0 saturated carbocycles. The van der Waals surface area contributed by atoms with E-state index in [1.54, 1.807) is 11.3 Å². The first-order valence-electron chi connectivity index (χ1n) is 8.08. The second-order valence-electron chi connectivity index (χ2n) is 5.97. The zero-order valence-electron chi connectivity index (χ0n) is 14.4. The lowest BCUT2D eigenvalue weighted by Crippen LogP contribution is -2.02. The van der Waals surface area contributed by atoms with Gasteiger partial charge in [-0.05, 0) is 43.7 Å². The highest BCUT2D eigenvalue weighted by atomic mass is 32.2. The van der Waals surface area contributed by atoms with Crippen LogP contribution < -0.4 is 11.1 Å². The molecule has 0 spiro atoms. The van der Waals surface area contributed by atoms with Crippen molar-refractivity contribution in [1.29, 1.82) is 0 Å². The SMILES string of the molecule is Cc1ccc(Sc2ncnc(Nc3nc4ccc(C)cc4s3)c2N)cc1. The van der Waals surface area contributed by atoms with Crippen molar-refractivity contribution in [2.75, 3.05) is 11.1 Å². The maximum atomic E-state index is 6.30. The van der Waals surface area contributed by atoms with E-state index in [9.17, 15) is 0 Å². The van der Waals surface area contributed by atoms with Crippen molar-refractivity contribution in [1.82, 2.24) is 15.0 Å². The van der Waals surface area contributed by atoms with Crippen molar-refractivity contribution in [3.8, 4) is 0 Å². The lowest BCUT2D eigenvalue weighted by molar-refractivity contribution is 1.06. The number of hydrogen-bond donors (Lipinski definition) is 2. The molecule has 2 aromatic heterocycles. The quantitative estimate of drug-likeness (QED) is 0.476. The minimum atomic E-state index is 0.522. The molecule has 4 rings (SSSR count). The van der Waals surface area contributed by atoms with Gasteiger partial charge in [-0.3, -0.25) is 0 Å². The van der Waals surface area contributed by atoms with Gasteiger partial charge in [-0.2, -0.15) is 0 Å². The predicted octanol–water partition coefficient (Wildman–Crippen LogP) is 5.18. The maximum Gasteiger partial charge on any atom is 0.189 e. The Hall–Kier alpha value is -2.64. The van der Waals surface area contributed by atoms with Crippen LogP contribution in [0.15, 0.2) is 58.7 Å². The number of nitrogens with two attached hydrogens (primary N) is 1. The van der Waals surface area contributed by atoms with E-state index >= 15 is 0 Å². The number of rotatable bonds is 4. The number of fused-ring (bicyclic) bond motifs is 1. The van der Waals surface area contributed by atoms with Gasteiger partial charge in [0.1, 0.15) is 17.0 Å². The summed E-state index contributed by atoms with van der Waals surface area (Å²) in [5.74, 6) is 0.574. The zero-order valence-corrected chi connectivity index (χ0v) is 16.0. The first-order valence-corrected chi connectivity index (χ1v) is 9.71. The van der Waals surface area contributed by atoms with E-state index in [0.29, 0.717) is 11.5 Å². The summed E-state index contributed by atoms with van der Waals surface area (Å²) in [4.78, 5) is 14.3. The van der Waals surface area contributed by atoms with Gasteiger partial charge in [0, 0.05) is 4.90 Å². The minimum Gasteiger partial charge on any atom is -0.394 e. The Morgan fingerprint density at radius 1 is 1.00 bits per heavy atom. The molecule has 3 N–H and O–H groups in total. The molecule has 0 aliphatic rings. The molecule has 0 fully saturated rings. The van der Waals surface area contributed by atoms with E-state index in [2.05, 4.69) is 70.5 Å². The van der Waals surface area contributed by atoms with Gasteiger partial charge in [-0.25, -0.2) is 15.0 Å². The highest BCUT2D eigenvalue weighted by Gasteiger charge is 2.12. The molecular formula is C19H17N5S2. The summed E-state index contributed by atoms with van der Waals surface area (Å²) in [6.07, 6.45) is 1.52. The van der Waals surface area contributed by atoms with Gasteiger partial charge in [0.2, 0.25) is 0 Å². The van der Waals surface area contributed by atoms with Gasteiger partial charge in [0.15, 0.2) is 10.9 Å². The molecule has 0 unspecified atom stereocenters. The van der Waals surface area contributed by atoms with Crippen molar-refractivity contribution < 1.29 is 0 Å². The van der Waals surface area contributed by atoms with Crippen LogP contribution in [-0.4, -0.2) is 15.0 Å². The normalized spacial score (nSPS) is 11.0. The number of anilines is 3. The van der Waals surface area contributed by atoms with Crippen LogP contribution in [0, 0.1) is 13.8 Å². The predicted molar refractivity (Wildman–Crippen MR) is 109 cm³/mol. The fourth-order valence-electron chi connectivity index (χ4n) is 2.46. The molecular weight excluding hydrogens is 362 g/mol. The second-order valence-corrected chi connectivity index (χ2v) is 8.06. The summed E-state index contributed by atoms with van der Waals surface area (Å²) in [5.41, 5.74) is 10.2. The van der Waals surface area contributed by atoms with E-state index in [0.717, 1.165) is 25.3 Å². The highest BCUT2D eigenvalue weighted by Crippen LogP contribution is 2.35. The Morgan fingerprint density at radius 2 is 1.77 bits per heavy atom. The van der Waals surface area contributed by atoms with Crippen molar-refractivity contribution in [3.05, 3.63) is 59.9 Å². The molecule has 7 heteroatoms. The van der Waals surface area contributed by atoms with Crippen LogP contribution in [-0.2, 0) is 0 Å². The molecule has 0 aliphatic carbocycles. The number of benzene rings is 2. The number of hydrogen-bond acceptors (Lipinski definition) is 7. The number of nitrogens with zero attached hydrogens (tertiary/aromatic N) is 3.